The Morgan fingerprint density at radius 3 is 2.19 bits per heavy atom. The minimum Gasteiger partial charge on any atom is -0.507 e. The Morgan fingerprint density at radius 2 is 1.62 bits per heavy atom. The molecule has 0 saturated heterocycles. The van der Waals surface area contributed by atoms with Crippen molar-refractivity contribution in [1.29, 1.82) is 0 Å². The first-order chi connectivity index (χ1) is 12.7. The number of nitrogens with one attached hydrogen (secondary N) is 1. The van der Waals surface area contributed by atoms with E-state index < -0.39 is 0 Å². The van der Waals surface area contributed by atoms with Crippen LogP contribution in [0.25, 0.3) is 11.3 Å². The number of rotatable bonds is 7. The molecule has 0 aliphatic rings. The molecule has 4 N–H and O–H groups in total. The summed E-state index contributed by atoms with van der Waals surface area (Å²) >= 11 is 0. The van der Waals surface area contributed by atoms with Crippen molar-refractivity contribution < 1.29 is 15.3 Å². The zero-order valence-electron chi connectivity index (χ0n) is 14.1. The quantitative estimate of drug-likeness (QED) is 0.514. The SMILES string of the molecule is OCc1cc(-c2cnc(NCCc3ccncc3)cn2)cc(CO)c1O. The number of phenols is 1. The average molecular weight is 352 g/mol. The molecule has 134 valence electrons. The Labute approximate surface area is 151 Å². The van der Waals surface area contributed by atoms with Crippen LogP contribution in [0, 0.1) is 0 Å². The van der Waals surface area contributed by atoms with Gasteiger partial charge in [0, 0.05) is 35.6 Å². The van der Waals surface area contributed by atoms with E-state index in [1.165, 1.54) is 5.56 Å². The summed E-state index contributed by atoms with van der Waals surface area (Å²) in [4.78, 5) is 12.7. The smallest absolute Gasteiger partial charge is 0.144 e. The van der Waals surface area contributed by atoms with Crippen LogP contribution in [0.1, 0.15) is 16.7 Å². The van der Waals surface area contributed by atoms with Crippen molar-refractivity contribution in [3.8, 4) is 17.0 Å². The number of aliphatic hydroxyl groups excluding tert-OH is 2. The maximum Gasteiger partial charge on any atom is 0.144 e. The van der Waals surface area contributed by atoms with Gasteiger partial charge in [-0.25, -0.2) is 4.98 Å². The molecule has 3 aromatic rings. The van der Waals surface area contributed by atoms with Gasteiger partial charge in [0.1, 0.15) is 11.6 Å². The Balaban J connectivity index is 1.69. The third-order valence-corrected chi connectivity index (χ3v) is 4.03. The molecule has 3 rings (SSSR count). The van der Waals surface area contributed by atoms with Crippen LogP contribution in [0.5, 0.6) is 5.75 Å². The zero-order valence-corrected chi connectivity index (χ0v) is 14.1. The van der Waals surface area contributed by atoms with Gasteiger partial charge in [0.05, 0.1) is 31.3 Å². The minimum atomic E-state index is -0.325. The lowest BCUT2D eigenvalue weighted by Crippen LogP contribution is -2.06. The monoisotopic (exact) mass is 352 g/mol. The van der Waals surface area contributed by atoms with E-state index in [0.29, 0.717) is 28.2 Å². The summed E-state index contributed by atoms with van der Waals surface area (Å²) < 4.78 is 0. The molecule has 7 nitrogen and oxygen atoms in total. The summed E-state index contributed by atoms with van der Waals surface area (Å²) in [5.74, 6) is 0.562. The van der Waals surface area contributed by atoms with Crippen molar-refractivity contribution in [1.82, 2.24) is 15.0 Å². The Kier molecular flexibility index (Phi) is 5.73. The van der Waals surface area contributed by atoms with Crippen LogP contribution in [0.4, 0.5) is 5.82 Å². The van der Waals surface area contributed by atoms with E-state index in [-0.39, 0.29) is 19.0 Å². The third-order valence-electron chi connectivity index (χ3n) is 4.03. The van der Waals surface area contributed by atoms with Gasteiger partial charge in [-0.2, -0.15) is 0 Å². The second-order valence-corrected chi connectivity index (χ2v) is 5.78. The number of pyridine rings is 1. The maximum atomic E-state index is 9.93. The van der Waals surface area contributed by atoms with Gasteiger partial charge in [-0.05, 0) is 36.2 Å². The highest BCUT2D eigenvalue weighted by Crippen LogP contribution is 2.29. The van der Waals surface area contributed by atoms with E-state index in [2.05, 4.69) is 20.3 Å². The molecule has 0 aliphatic heterocycles. The number of aliphatic hydroxyl groups is 2. The molecule has 0 amide bonds. The van der Waals surface area contributed by atoms with Crippen molar-refractivity contribution >= 4 is 5.82 Å². The van der Waals surface area contributed by atoms with Crippen LogP contribution in [-0.4, -0.2) is 36.8 Å². The molecule has 1 aromatic carbocycles. The molecule has 0 saturated carbocycles. The average Bonchev–Trinajstić information content (AvgIpc) is 2.69. The first-order valence-corrected chi connectivity index (χ1v) is 8.23. The Bertz CT molecular complexity index is 829. The second kappa shape index (κ2) is 8.37. The van der Waals surface area contributed by atoms with Crippen molar-refractivity contribution in [2.45, 2.75) is 19.6 Å². The van der Waals surface area contributed by atoms with Gasteiger partial charge in [-0.15, -0.1) is 0 Å². The molecule has 0 fully saturated rings. The van der Waals surface area contributed by atoms with Crippen molar-refractivity contribution in [2.24, 2.45) is 0 Å². The molecule has 7 heteroatoms. The van der Waals surface area contributed by atoms with E-state index in [9.17, 15) is 15.3 Å². The highest BCUT2D eigenvalue weighted by Gasteiger charge is 2.11. The summed E-state index contributed by atoms with van der Waals surface area (Å²) in [7, 11) is 0. The van der Waals surface area contributed by atoms with Crippen LogP contribution < -0.4 is 5.32 Å². The number of benzene rings is 1. The molecule has 0 unspecified atom stereocenters. The van der Waals surface area contributed by atoms with Crippen LogP contribution in [0.2, 0.25) is 0 Å². The summed E-state index contributed by atoms with van der Waals surface area (Å²) in [6.45, 7) is 0.0735. The van der Waals surface area contributed by atoms with Gasteiger partial charge in [0.25, 0.3) is 0 Å². The largest absolute Gasteiger partial charge is 0.507 e. The zero-order chi connectivity index (χ0) is 18.4. The van der Waals surface area contributed by atoms with E-state index in [4.69, 9.17) is 0 Å². The maximum absolute atomic E-state index is 9.93. The topological polar surface area (TPSA) is 111 Å². The predicted molar refractivity (Wildman–Crippen MR) is 97.4 cm³/mol. The van der Waals surface area contributed by atoms with Gasteiger partial charge >= 0.3 is 0 Å². The highest BCUT2D eigenvalue weighted by atomic mass is 16.3. The van der Waals surface area contributed by atoms with Gasteiger partial charge in [0.15, 0.2) is 0 Å². The van der Waals surface area contributed by atoms with E-state index in [0.717, 1.165) is 13.0 Å². The third kappa shape index (κ3) is 4.14. The second-order valence-electron chi connectivity index (χ2n) is 5.78. The molecule has 26 heavy (non-hydrogen) atoms. The predicted octanol–water partition coefficient (Wildman–Crippen LogP) is 1.88. The summed E-state index contributed by atoms with van der Waals surface area (Å²) in [5, 5.41) is 31.8. The van der Waals surface area contributed by atoms with Crippen molar-refractivity contribution in [2.75, 3.05) is 11.9 Å². The minimum absolute atomic E-state index is 0.0962. The number of anilines is 1. The number of aromatic hydroxyl groups is 1. The lowest BCUT2D eigenvalue weighted by atomic mass is 10.0. The fourth-order valence-electron chi connectivity index (χ4n) is 2.60. The standard InChI is InChI=1S/C19H20N4O3/c24-11-15-7-14(8-16(12-25)19(15)26)17-9-23-18(10-22-17)21-6-3-13-1-4-20-5-2-13/h1-2,4-5,7-10,24-26H,3,6,11-12H2,(H,21,23). The number of hydrogen-bond donors (Lipinski definition) is 4. The molecule has 0 aliphatic carbocycles. The number of hydrogen-bond acceptors (Lipinski definition) is 7. The molecule has 2 aromatic heterocycles. The van der Waals surface area contributed by atoms with Gasteiger partial charge < -0.3 is 20.6 Å². The van der Waals surface area contributed by atoms with Crippen molar-refractivity contribution in [3.63, 3.8) is 0 Å². The normalized spacial score (nSPS) is 10.7. The van der Waals surface area contributed by atoms with E-state index in [1.807, 2.05) is 12.1 Å². The summed E-state index contributed by atoms with van der Waals surface area (Å²) in [6, 6.07) is 7.21. The lowest BCUT2D eigenvalue weighted by Gasteiger charge is -2.10. The Hall–Kier alpha value is -3.03. The van der Waals surface area contributed by atoms with E-state index >= 15 is 0 Å². The van der Waals surface area contributed by atoms with Gasteiger partial charge in [0.2, 0.25) is 0 Å². The van der Waals surface area contributed by atoms with Crippen LogP contribution >= 0.6 is 0 Å². The Morgan fingerprint density at radius 1 is 0.923 bits per heavy atom. The fourth-order valence-corrected chi connectivity index (χ4v) is 2.60. The first-order valence-electron chi connectivity index (χ1n) is 8.23. The van der Waals surface area contributed by atoms with Crippen LogP contribution in [0.3, 0.4) is 0 Å². The van der Waals surface area contributed by atoms with E-state index in [1.54, 1.807) is 36.9 Å². The molecular formula is C19H20N4O3. The van der Waals surface area contributed by atoms with Crippen LogP contribution in [0.15, 0.2) is 49.1 Å². The number of nitrogens with zero attached hydrogens (tertiary/aromatic N) is 3. The lowest BCUT2D eigenvalue weighted by molar-refractivity contribution is 0.264. The molecule has 0 bridgehead atoms. The fraction of sp³-hybridized carbons (Fsp3) is 0.211. The van der Waals surface area contributed by atoms with Gasteiger partial charge in [-0.1, -0.05) is 0 Å². The molecular weight excluding hydrogens is 332 g/mol. The van der Waals surface area contributed by atoms with Gasteiger partial charge in [-0.3, -0.25) is 9.97 Å². The molecule has 0 spiro atoms. The molecule has 0 radical (unpaired) electrons. The summed E-state index contributed by atoms with van der Waals surface area (Å²) in [5.41, 5.74) is 3.14. The highest BCUT2D eigenvalue weighted by molar-refractivity contribution is 5.64. The first kappa shape index (κ1) is 17.8. The molecule has 2 heterocycles. The summed E-state index contributed by atoms with van der Waals surface area (Å²) in [6.07, 6.45) is 7.63. The number of aromatic nitrogens is 3. The molecule has 0 atom stereocenters. The van der Waals surface area contributed by atoms with Crippen LogP contribution in [-0.2, 0) is 19.6 Å². The van der Waals surface area contributed by atoms with Crippen molar-refractivity contribution in [3.05, 3.63) is 65.7 Å².